The summed E-state index contributed by atoms with van der Waals surface area (Å²) in [5, 5.41) is 11.8. The molecule has 1 aromatic carbocycles. The van der Waals surface area contributed by atoms with Crippen LogP contribution in [0.1, 0.15) is 24.4 Å². The van der Waals surface area contributed by atoms with Gasteiger partial charge in [0, 0.05) is 29.4 Å². The molecule has 6 nitrogen and oxygen atoms in total. The maximum Gasteiger partial charge on any atom is 0.198 e. The SMILES string of the molecule is Cc1cccc2c(Sc3nnc(-c4ccncc4)n3C3CC3)ncnc12. The number of nitrogens with zero attached hydrogens (tertiary/aromatic N) is 6. The molecule has 0 atom stereocenters. The summed E-state index contributed by atoms with van der Waals surface area (Å²) in [6, 6.07) is 10.6. The molecule has 1 aliphatic rings. The molecule has 0 radical (unpaired) electrons. The molecule has 3 aromatic heterocycles. The summed E-state index contributed by atoms with van der Waals surface area (Å²) in [6.45, 7) is 2.07. The number of benzene rings is 1. The van der Waals surface area contributed by atoms with Crippen LogP contribution in [-0.2, 0) is 0 Å². The molecule has 0 amide bonds. The van der Waals surface area contributed by atoms with Crippen molar-refractivity contribution >= 4 is 22.7 Å². The standard InChI is InChI=1S/C19H16N6S/c1-12-3-2-4-15-16(12)21-11-22-18(15)26-19-24-23-17(25(19)14-5-6-14)13-7-9-20-10-8-13/h2-4,7-11,14H,5-6H2,1H3. The first-order chi connectivity index (χ1) is 12.8. The molecule has 128 valence electrons. The summed E-state index contributed by atoms with van der Waals surface area (Å²) in [5.41, 5.74) is 3.17. The molecule has 0 saturated heterocycles. The van der Waals surface area contributed by atoms with E-state index in [9.17, 15) is 0 Å². The number of aryl methyl sites for hydroxylation is 1. The van der Waals surface area contributed by atoms with Gasteiger partial charge in [-0.3, -0.25) is 9.55 Å². The smallest absolute Gasteiger partial charge is 0.198 e. The third-order valence-corrected chi connectivity index (χ3v) is 5.51. The van der Waals surface area contributed by atoms with Crippen LogP contribution in [0.4, 0.5) is 0 Å². The van der Waals surface area contributed by atoms with Crippen LogP contribution >= 0.6 is 11.8 Å². The molecule has 0 unspecified atom stereocenters. The molecule has 26 heavy (non-hydrogen) atoms. The van der Waals surface area contributed by atoms with Gasteiger partial charge < -0.3 is 0 Å². The number of hydrogen-bond acceptors (Lipinski definition) is 6. The molecule has 0 spiro atoms. The zero-order valence-electron chi connectivity index (χ0n) is 14.2. The fourth-order valence-corrected chi connectivity index (χ4v) is 4.05. The highest BCUT2D eigenvalue weighted by molar-refractivity contribution is 7.99. The number of aromatic nitrogens is 6. The number of hydrogen-bond donors (Lipinski definition) is 0. The largest absolute Gasteiger partial charge is 0.299 e. The van der Waals surface area contributed by atoms with Crippen LogP contribution in [0.15, 0.2) is 59.2 Å². The van der Waals surface area contributed by atoms with Gasteiger partial charge in [-0.25, -0.2) is 9.97 Å². The van der Waals surface area contributed by atoms with Crippen LogP contribution < -0.4 is 0 Å². The van der Waals surface area contributed by atoms with Crippen molar-refractivity contribution in [2.75, 3.05) is 0 Å². The molecule has 5 rings (SSSR count). The molecule has 1 fully saturated rings. The van der Waals surface area contributed by atoms with Crippen molar-refractivity contribution in [1.82, 2.24) is 29.7 Å². The predicted molar refractivity (Wildman–Crippen MR) is 99.9 cm³/mol. The Balaban J connectivity index is 1.60. The average molecular weight is 360 g/mol. The van der Waals surface area contributed by atoms with Gasteiger partial charge in [0.2, 0.25) is 0 Å². The molecule has 0 N–H and O–H groups in total. The van der Waals surface area contributed by atoms with Crippen LogP contribution in [0.2, 0.25) is 0 Å². The van der Waals surface area contributed by atoms with Crippen LogP contribution in [0.3, 0.4) is 0 Å². The van der Waals surface area contributed by atoms with E-state index in [1.54, 1.807) is 30.5 Å². The van der Waals surface area contributed by atoms with E-state index >= 15 is 0 Å². The van der Waals surface area contributed by atoms with Crippen molar-refractivity contribution < 1.29 is 0 Å². The highest BCUT2D eigenvalue weighted by Crippen LogP contribution is 2.42. The highest BCUT2D eigenvalue weighted by atomic mass is 32.2. The Morgan fingerprint density at radius 3 is 2.69 bits per heavy atom. The fraction of sp³-hybridized carbons (Fsp3) is 0.211. The molecule has 7 heteroatoms. The quantitative estimate of drug-likeness (QED) is 0.511. The zero-order valence-corrected chi connectivity index (χ0v) is 15.0. The Kier molecular flexibility index (Phi) is 3.67. The van der Waals surface area contributed by atoms with Crippen molar-refractivity contribution in [1.29, 1.82) is 0 Å². The second-order valence-electron chi connectivity index (χ2n) is 6.40. The topological polar surface area (TPSA) is 69.4 Å². The minimum atomic E-state index is 0.463. The number of fused-ring (bicyclic) bond motifs is 1. The number of rotatable bonds is 4. The second-order valence-corrected chi connectivity index (χ2v) is 7.35. The summed E-state index contributed by atoms with van der Waals surface area (Å²) in [5.74, 6) is 0.895. The normalized spacial score (nSPS) is 14.0. The van der Waals surface area contributed by atoms with Gasteiger partial charge in [0.05, 0.1) is 5.52 Å². The van der Waals surface area contributed by atoms with Crippen LogP contribution in [0, 0.1) is 6.92 Å². The Morgan fingerprint density at radius 1 is 1.04 bits per heavy atom. The summed E-state index contributed by atoms with van der Waals surface area (Å²) in [4.78, 5) is 13.0. The Bertz CT molecular complexity index is 1090. The zero-order chi connectivity index (χ0) is 17.5. The molecular weight excluding hydrogens is 344 g/mol. The summed E-state index contributed by atoms with van der Waals surface area (Å²) in [7, 11) is 0. The maximum absolute atomic E-state index is 4.51. The van der Waals surface area contributed by atoms with Crippen molar-refractivity contribution in [3.8, 4) is 11.4 Å². The summed E-state index contributed by atoms with van der Waals surface area (Å²) < 4.78 is 2.24. The lowest BCUT2D eigenvalue weighted by molar-refractivity contribution is 0.669. The van der Waals surface area contributed by atoms with Crippen molar-refractivity contribution in [2.45, 2.75) is 36.0 Å². The molecule has 0 bridgehead atoms. The first-order valence-electron chi connectivity index (χ1n) is 8.55. The summed E-state index contributed by atoms with van der Waals surface area (Å²) >= 11 is 1.56. The minimum absolute atomic E-state index is 0.463. The highest BCUT2D eigenvalue weighted by Gasteiger charge is 2.30. The van der Waals surface area contributed by atoms with Gasteiger partial charge in [0.15, 0.2) is 11.0 Å². The predicted octanol–water partition coefficient (Wildman–Crippen LogP) is 4.08. The third kappa shape index (κ3) is 2.64. The molecule has 4 aromatic rings. The number of para-hydroxylation sites is 1. The second kappa shape index (κ2) is 6.17. The van der Waals surface area contributed by atoms with Gasteiger partial charge in [-0.05, 0) is 49.2 Å². The Labute approximate surface area is 154 Å². The van der Waals surface area contributed by atoms with Gasteiger partial charge in [0.1, 0.15) is 11.4 Å². The van der Waals surface area contributed by atoms with Crippen LogP contribution in [0.5, 0.6) is 0 Å². The number of pyridine rings is 1. The van der Waals surface area contributed by atoms with Gasteiger partial charge in [-0.15, -0.1) is 10.2 Å². The van der Waals surface area contributed by atoms with Gasteiger partial charge in [-0.1, -0.05) is 18.2 Å². The van der Waals surface area contributed by atoms with E-state index in [1.807, 2.05) is 18.2 Å². The van der Waals surface area contributed by atoms with Crippen LogP contribution in [0.25, 0.3) is 22.3 Å². The fourth-order valence-electron chi connectivity index (χ4n) is 3.09. The van der Waals surface area contributed by atoms with E-state index in [0.717, 1.165) is 50.9 Å². The Hall–Kier alpha value is -2.80. The van der Waals surface area contributed by atoms with Crippen molar-refractivity contribution in [3.63, 3.8) is 0 Å². The van der Waals surface area contributed by atoms with E-state index in [0.29, 0.717) is 6.04 Å². The summed E-state index contributed by atoms with van der Waals surface area (Å²) in [6.07, 6.45) is 7.52. The first-order valence-corrected chi connectivity index (χ1v) is 9.36. The van der Waals surface area contributed by atoms with E-state index < -0.39 is 0 Å². The lowest BCUT2D eigenvalue weighted by Crippen LogP contribution is -2.00. The average Bonchev–Trinajstić information content (AvgIpc) is 3.43. The van der Waals surface area contributed by atoms with Gasteiger partial charge in [-0.2, -0.15) is 0 Å². The van der Waals surface area contributed by atoms with E-state index in [-0.39, 0.29) is 0 Å². The van der Waals surface area contributed by atoms with E-state index in [4.69, 9.17) is 0 Å². The van der Waals surface area contributed by atoms with Crippen molar-refractivity contribution in [2.24, 2.45) is 0 Å². The van der Waals surface area contributed by atoms with Crippen LogP contribution in [-0.4, -0.2) is 29.7 Å². The molecule has 3 heterocycles. The van der Waals surface area contributed by atoms with Crippen molar-refractivity contribution in [3.05, 3.63) is 54.6 Å². The first kappa shape index (κ1) is 15.5. The monoisotopic (exact) mass is 360 g/mol. The minimum Gasteiger partial charge on any atom is -0.299 e. The maximum atomic E-state index is 4.51. The lowest BCUT2D eigenvalue weighted by atomic mass is 10.1. The molecule has 0 aliphatic heterocycles. The molecular formula is C19H16N6S. The van der Waals surface area contributed by atoms with E-state index in [1.165, 1.54) is 0 Å². The molecule has 1 aliphatic carbocycles. The molecule has 1 saturated carbocycles. The van der Waals surface area contributed by atoms with Gasteiger partial charge >= 0.3 is 0 Å². The lowest BCUT2D eigenvalue weighted by Gasteiger charge is -2.09. The third-order valence-electron chi connectivity index (χ3n) is 4.53. The van der Waals surface area contributed by atoms with E-state index in [2.05, 4.69) is 48.8 Å². The van der Waals surface area contributed by atoms with Gasteiger partial charge in [0.25, 0.3) is 0 Å². The Morgan fingerprint density at radius 2 is 1.88 bits per heavy atom.